The number of para-hydroxylation sites is 3. The van der Waals surface area contributed by atoms with Crippen LogP contribution in [0.15, 0.2) is 154 Å². The molecule has 54 heavy (non-hydrogen) atoms. The van der Waals surface area contributed by atoms with Crippen molar-refractivity contribution in [2.45, 2.75) is 19.3 Å². The minimum Gasteiger partial charge on any atom is -0.456 e. The summed E-state index contributed by atoms with van der Waals surface area (Å²) in [6.45, 7) is 4.64. The standard InChI is InChI=1S/C48H30N4O2/c1-48(2)36-17-7-3-12-28(36)33-25-34-29-13-4-8-18-38(29)52(39(34)26-37(33)48)47-50-45(27-22-23-42-35(24-27)30-14-5-9-19-40(30)53-42)49-46(51-47)32-16-11-21-43-44(32)31-15-6-10-20-41(31)54-43/h3-26H,1-2H3. The third-order valence-electron chi connectivity index (χ3n) is 11.5. The van der Waals surface area contributed by atoms with Gasteiger partial charge in [-0.2, -0.15) is 9.97 Å². The zero-order chi connectivity index (χ0) is 35.7. The van der Waals surface area contributed by atoms with Gasteiger partial charge in [-0.1, -0.05) is 105 Å². The molecule has 0 atom stereocenters. The summed E-state index contributed by atoms with van der Waals surface area (Å²) in [7, 11) is 0. The Balaban J connectivity index is 1.18. The van der Waals surface area contributed by atoms with Crippen LogP contribution >= 0.6 is 0 Å². The number of fused-ring (bicyclic) bond motifs is 12. The average Bonchev–Trinajstić information content (AvgIpc) is 3.93. The van der Waals surface area contributed by atoms with Crippen molar-refractivity contribution in [2.75, 3.05) is 0 Å². The van der Waals surface area contributed by atoms with E-state index in [0.29, 0.717) is 17.6 Å². The first-order valence-electron chi connectivity index (χ1n) is 18.3. The van der Waals surface area contributed by atoms with E-state index in [9.17, 15) is 0 Å². The maximum atomic E-state index is 6.33. The van der Waals surface area contributed by atoms with Crippen LogP contribution in [0.3, 0.4) is 0 Å². The summed E-state index contributed by atoms with van der Waals surface area (Å²) in [6.07, 6.45) is 0. The van der Waals surface area contributed by atoms with Crippen LogP contribution in [0.2, 0.25) is 0 Å². The highest BCUT2D eigenvalue weighted by molar-refractivity contribution is 6.13. The van der Waals surface area contributed by atoms with E-state index < -0.39 is 0 Å². The molecule has 1 aliphatic carbocycles. The second-order valence-corrected chi connectivity index (χ2v) is 14.8. The largest absolute Gasteiger partial charge is 0.456 e. The van der Waals surface area contributed by atoms with E-state index in [1.807, 2.05) is 60.7 Å². The van der Waals surface area contributed by atoms with Gasteiger partial charge in [0, 0.05) is 48.9 Å². The fourth-order valence-electron chi connectivity index (χ4n) is 8.92. The van der Waals surface area contributed by atoms with Crippen molar-refractivity contribution in [3.8, 4) is 39.9 Å². The lowest BCUT2D eigenvalue weighted by atomic mass is 9.82. The van der Waals surface area contributed by atoms with Gasteiger partial charge in [-0.15, -0.1) is 0 Å². The Hall–Kier alpha value is -7.05. The molecule has 1 aliphatic rings. The van der Waals surface area contributed by atoms with Crippen LogP contribution in [0.5, 0.6) is 0 Å². The molecule has 0 radical (unpaired) electrons. The third-order valence-corrected chi connectivity index (χ3v) is 11.5. The number of furan rings is 2. The monoisotopic (exact) mass is 694 g/mol. The van der Waals surface area contributed by atoms with Crippen molar-refractivity contribution >= 4 is 65.7 Å². The van der Waals surface area contributed by atoms with Gasteiger partial charge >= 0.3 is 0 Å². The van der Waals surface area contributed by atoms with Gasteiger partial charge in [0.2, 0.25) is 5.95 Å². The van der Waals surface area contributed by atoms with E-state index in [1.165, 1.54) is 22.3 Å². The van der Waals surface area contributed by atoms with Crippen molar-refractivity contribution in [2.24, 2.45) is 0 Å². The lowest BCUT2D eigenvalue weighted by Crippen LogP contribution is -2.15. The molecule has 0 fully saturated rings. The number of aromatic nitrogens is 4. The van der Waals surface area contributed by atoms with Gasteiger partial charge in [0.1, 0.15) is 22.3 Å². The molecule has 0 unspecified atom stereocenters. The molecule has 0 bridgehead atoms. The van der Waals surface area contributed by atoms with Gasteiger partial charge in [0.15, 0.2) is 11.6 Å². The second-order valence-electron chi connectivity index (χ2n) is 14.8. The highest BCUT2D eigenvalue weighted by atomic mass is 16.3. The smallest absolute Gasteiger partial charge is 0.238 e. The number of hydrogen-bond acceptors (Lipinski definition) is 5. The summed E-state index contributed by atoms with van der Waals surface area (Å²) in [5.74, 6) is 1.70. The van der Waals surface area contributed by atoms with Gasteiger partial charge in [0.05, 0.1) is 11.0 Å². The molecule has 12 rings (SSSR count). The number of nitrogens with zero attached hydrogens (tertiary/aromatic N) is 4. The Kier molecular flexibility index (Phi) is 5.75. The molecular formula is C48H30N4O2. The normalized spacial score (nSPS) is 13.5. The Labute approximate surface area is 309 Å². The summed E-state index contributed by atoms with van der Waals surface area (Å²) in [5.41, 5.74) is 12.2. The van der Waals surface area contributed by atoms with Crippen LogP contribution in [0.4, 0.5) is 0 Å². The summed E-state index contributed by atoms with van der Waals surface area (Å²) >= 11 is 0. The molecule has 0 N–H and O–H groups in total. The van der Waals surface area contributed by atoms with E-state index >= 15 is 0 Å². The van der Waals surface area contributed by atoms with Crippen LogP contribution < -0.4 is 0 Å². The zero-order valence-electron chi connectivity index (χ0n) is 29.5. The zero-order valence-corrected chi connectivity index (χ0v) is 29.5. The maximum Gasteiger partial charge on any atom is 0.238 e. The highest BCUT2D eigenvalue weighted by Gasteiger charge is 2.36. The first kappa shape index (κ1) is 29.5. The Morgan fingerprint density at radius 1 is 0.444 bits per heavy atom. The molecule has 6 nitrogen and oxygen atoms in total. The van der Waals surface area contributed by atoms with E-state index in [0.717, 1.165) is 76.8 Å². The van der Waals surface area contributed by atoms with E-state index in [-0.39, 0.29) is 5.41 Å². The van der Waals surface area contributed by atoms with Gasteiger partial charge in [-0.05, 0) is 76.9 Å². The van der Waals surface area contributed by atoms with Crippen molar-refractivity contribution < 1.29 is 8.83 Å². The van der Waals surface area contributed by atoms with Gasteiger partial charge in [-0.3, -0.25) is 4.57 Å². The molecule has 0 spiro atoms. The Morgan fingerprint density at radius 3 is 2.00 bits per heavy atom. The van der Waals surface area contributed by atoms with Crippen molar-refractivity contribution in [3.05, 3.63) is 157 Å². The molecule has 11 aromatic rings. The van der Waals surface area contributed by atoms with Crippen LogP contribution in [-0.2, 0) is 5.41 Å². The van der Waals surface area contributed by atoms with Crippen molar-refractivity contribution in [1.82, 2.24) is 19.5 Å². The van der Waals surface area contributed by atoms with E-state index in [4.69, 9.17) is 23.8 Å². The average molecular weight is 695 g/mol. The highest BCUT2D eigenvalue weighted by Crippen LogP contribution is 2.51. The van der Waals surface area contributed by atoms with Crippen molar-refractivity contribution in [1.29, 1.82) is 0 Å². The second kappa shape index (κ2) is 10.5. The molecule has 4 heterocycles. The lowest BCUT2D eigenvalue weighted by molar-refractivity contribution is 0.661. The minimum atomic E-state index is -0.169. The predicted octanol–water partition coefficient (Wildman–Crippen LogP) is 12.4. The molecular weight excluding hydrogens is 665 g/mol. The third kappa shape index (κ3) is 3.97. The van der Waals surface area contributed by atoms with Crippen molar-refractivity contribution in [3.63, 3.8) is 0 Å². The summed E-state index contributed by atoms with van der Waals surface area (Å²) in [4.78, 5) is 15.9. The molecule has 6 heteroatoms. The molecule has 254 valence electrons. The molecule has 0 amide bonds. The van der Waals surface area contributed by atoms with Crippen LogP contribution in [0.1, 0.15) is 25.0 Å². The molecule has 0 saturated heterocycles. The minimum absolute atomic E-state index is 0.169. The topological polar surface area (TPSA) is 69.9 Å². The molecule has 4 aromatic heterocycles. The van der Waals surface area contributed by atoms with E-state index in [2.05, 4.69) is 103 Å². The first-order valence-corrected chi connectivity index (χ1v) is 18.3. The first-order chi connectivity index (χ1) is 26.5. The summed E-state index contributed by atoms with van der Waals surface area (Å²) in [6, 6.07) is 50.6. The fourth-order valence-corrected chi connectivity index (χ4v) is 8.92. The molecule has 0 aliphatic heterocycles. The van der Waals surface area contributed by atoms with Gasteiger partial charge < -0.3 is 8.83 Å². The van der Waals surface area contributed by atoms with Crippen LogP contribution in [-0.4, -0.2) is 19.5 Å². The van der Waals surface area contributed by atoms with E-state index in [1.54, 1.807) is 0 Å². The molecule has 0 saturated carbocycles. The Morgan fingerprint density at radius 2 is 1.11 bits per heavy atom. The number of benzene rings is 7. The van der Waals surface area contributed by atoms with Crippen LogP contribution in [0.25, 0.3) is 106 Å². The maximum absolute atomic E-state index is 6.33. The quantitative estimate of drug-likeness (QED) is 0.184. The number of rotatable bonds is 3. The number of hydrogen-bond donors (Lipinski definition) is 0. The van der Waals surface area contributed by atoms with Gasteiger partial charge in [0.25, 0.3) is 0 Å². The predicted molar refractivity (Wildman–Crippen MR) is 217 cm³/mol. The SMILES string of the molecule is CC1(C)c2ccccc2-c2cc3c4ccccc4n(-c4nc(-c5ccc6oc7ccccc7c6c5)nc(-c5cccc6oc7ccccc7c56)n4)c3cc21. The molecule has 7 aromatic carbocycles. The lowest BCUT2D eigenvalue weighted by Gasteiger charge is -2.21. The summed E-state index contributed by atoms with van der Waals surface area (Å²) < 4.78 is 14.8. The van der Waals surface area contributed by atoms with Gasteiger partial charge in [-0.25, -0.2) is 4.98 Å². The summed E-state index contributed by atoms with van der Waals surface area (Å²) in [5, 5.41) is 6.38. The Bertz CT molecular complexity index is 3380. The van der Waals surface area contributed by atoms with Crippen LogP contribution in [0, 0.1) is 0 Å². The fraction of sp³-hybridized carbons (Fsp3) is 0.0625.